The Morgan fingerprint density at radius 1 is 1.38 bits per heavy atom. The first kappa shape index (κ1) is 16.0. The van der Waals surface area contributed by atoms with E-state index in [9.17, 15) is 14.4 Å². The maximum atomic E-state index is 12.1. The first-order chi connectivity index (χ1) is 11.3. The molecule has 24 heavy (non-hydrogen) atoms. The minimum atomic E-state index is -0.469. The van der Waals surface area contributed by atoms with Gasteiger partial charge in [0, 0.05) is 18.7 Å². The fourth-order valence-corrected chi connectivity index (χ4v) is 2.44. The van der Waals surface area contributed by atoms with E-state index in [0.29, 0.717) is 22.7 Å². The molecule has 0 radical (unpaired) electrons. The summed E-state index contributed by atoms with van der Waals surface area (Å²) in [6, 6.07) is 4.64. The lowest BCUT2D eigenvalue weighted by Crippen LogP contribution is -2.38. The van der Waals surface area contributed by atoms with E-state index in [4.69, 9.17) is 4.42 Å². The molecular weight excluding hydrogens is 312 g/mol. The van der Waals surface area contributed by atoms with Gasteiger partial charge in [-0.15, -0.1) is 0 Å². The summed E-state index contributed by atoms with van der Waals surface area (Å²) in [5.74, 6) is -0.0329. The van der Waals surface area contributed by atoms with Gasteiger partial charge in [-0.25, -0.2) is 9.78 Å². The van der Waals surface area contributed by atoms with Crippen molar-refractivity contribution in [3.63, 3.8) is 0 Å². The molecule has 2 heterocycles. The number of carbonyl (C=O) groups excluding carboxylic acids is 3. The number of anilines is 1. The monoisotopic (exact) mass is 330 g/mol. The molecule has 1 fully saturated rings. The van der Waals surface area contributed by atoms with Gasteiger partial charge in [-0.2, -0.15) is 0 Å². The number of hydrogen-bond donors (Lipinski definition) is 1. The highest BCUT2D eigenvalue weighted by Gasteiger charge is 2.34. The number of amides is 4. The molecule has 1 aromatic carbocycles. The van der Waals surface area contributed by atoms with Crippen LogP contribution >= 0.6 is 0 Å². The third kappa shape index (κ3) is 2.94. The van der Waals surface area contributed by atoms with Crippen LogP contribution in [0.1, 0.15) is 25.7 Å². The Balaban J connectivity index is 1.71. The summed E-state index contributed by atoms with van der Waals surface area (Å²) in [6.07, 6.45) is 0. The van der Waals surface area contributed by atoms with Crippen LogP contribution in [-0.4, -0.2) is 52.8 Å². The molecule has 0 bridgehead atoms. The zero-order valence-corrected chi connectivity index (χ0v) is 13.7. The molecule has 0 saturated carbocycles. The molecule has 0 atom stereocenters. The van der Waals surface area contributed by atoms with Gasteiger partial charge in [-0.1, -0.05) is 13.8 Å². The van der Waals surface area contributed by atoms with Gasteiger partial charge in [-0.05, 0) is 18.2 Å². The van der Waals surface area contributed by atoms with Gasteiger partial charge < -0.3 is 14.6 Å². The van der Waals surface area contributed by atoms with Crippen molar-refractivity contribution in [3.05, 3.63) is 24.1 Å². The van der Waals surface area contributed by atoms with Crippen LogP contribution in [0.2, 0.25) is 0 Å². The number of aromatic nitrogens is 1. The number of fused-ring (bicyclic) bond motifs is 1. The smallest absolute Gasteiger partial charge is 0.327 e. The molecule has 8 nitrogen and oxygen atoms in total. The Morgan fingerprint density at radius 2 is 2.12 bits per heavy atom. The Kier molecular flexibility index (Phi) is 3.96. The third-order valence-electron chi connectivity index (χ3n) is 3.71. The van der Waals surface area contributed by atoms with Crippen LogP contribution in [0.3, 0.4) is 0 Å². The Morgan fingerprint density at radius 3 is 2.75 bits per heavy atom. The Labute approximate surface area is 138 Å². The average molecular weight is 330 g/mol. The second kappa shape index (κ2) is 5.95. The van der Waals surface area contributed by atoms with Crippen molar-refractivity contribution in [1.82, 2.24) is 14.8 Å². The van der Waals surface area contributed by atoms with Crippen molar-refractivity contribution in [2.45, 2.75) is 19.8 Å². The molecule has 0 unspecified atom stereocenters. The highest BCUT2D eigenvalue weighted by molar-refractivity contribution is 6.06. The van der Waals surface area contributed by atoms with E-state index in [0.717, 1.165) is 4.90 Å². The van der Waals surface area contributed by atoms with Crippen LogP contribution in [0.15, 0.2) is 22.6 Å². The summed E-state index contributed by atoms with van der Waals surface area (Å²) in [5, 5.41) is 2.67. The molecule has 1 aliphatic rings. The quantitative estimate of drug-likeness (QED) is 0.862. The number of carbonyl (C=O) groups is 3. The molecule has 0 spiro atoms. The van der Waals surface area contributed by atoms with Crippen molar-refractivity contribution >= 4 is 34.6 Å². The maximum absolute atomic E-state index is 12.1. The molecule has 1 aliphatic heterocycles. The standard InChI is InChI=1S/C16H18N4O4/c1-9(2)15-18-11-6-10(4-5-12(11)24-15)17-13(21)7-20-14(22)8-19(3)16(20)23/h4-6,9H,7-8H2,1-3H3,(H,17,21). The van der Waals surface area contributed by atoms with E-state index in [1.54, 1.807) is 18.2 Å². The van der Waals surface area contributed by atoms with E-state index >= 15 is 0 Å². The lowest BCUT2D eigenvalue weighted by atomic mass is 10.2. The number of hydrogen-bond acceptors (Lipinski definition) is 5. The summed E-state index contributed by atoms with van der Waals surface area (Å²) in [5.41, 5.74) is 1.82. The van der Waals surface area contributed by atoms with Crippen molar-refractivity contribution < 1.29 is 18.8 Å². The molecule has 4 amide bonds. The van der Waals surface area contributed by atoms with Crippen LogP contribution in [0.25, 0.3) is 11.1 Å². The van der Waals surface area contributed by atoms with E-state index < -0.39 is 11.9 Å². The largest absolute Gasteiger partial charge is 0.440 e. The number of rotatable bonds is 4. The number of urea groups is 1. The van der Waals surface area contributed by atoms with Crippen LogP contribution in [0.4, 0.5) is 10.5 Å². The van der Waals surface area contributed by atoms with Crippen molar-refractivity contribution in [2.24, 2.45) is 0 Å². The minimum Gasteiger partial charge on any atom is -0.440 e. The van der Waals surface area contributed by atoms with Gasteiger partial charge in [-0.3, -0.25) is 14.5 Å². The zero-order valence-electron chi connectivity index (χ0n) is 13.7. The number of oxazole rings is 1. The average Bonchev–Trinajstić information content (AvgIpc) is 3.04. The lowest BCUT2D eigenvalue weighted by molar-refractivity contribution is -0.129. The number of nitrogens with zero attached hydrogens (tertiary/aromatic N) is 3. The van der Waals surface area contributed by atoms with Crippen LogP contribution in [0.5, 0.6) is 0 Å². The number of nitrogens with one attached hydrogen (secondary N) is 1. The number of imide groups is 1. The van der Waals surface area contributed by atoms with Gasteiger partial charge in [0.2, 0.25) is 5.91 Å². The summed E-state index contributed by atoms with van der Waals surface area (Å²) in [4.78, 5) is 42.1. The second-order valence-corrected chi connectivity index (χ2v) is 6.06. The van der Waals surface area contributed by atoms with Crippen LogP contribution < -0.4 is 5.32 Å². The first-order valence-electron chi connectivity index (χ1n) is 7.61. The van der Waals surface area contributed by atoms with Crippen LogP contribution in [0, 0.1) is 0 Å². The summed E-state index contributed by atoms with van der Waals surface area (Å²) in [6.45, 7) is 3.65. The van der Waals surface area contributed by atoms with E-state index in [-0.39, 0.29) is 24.9 Å². The minimum absolute atomic E-state index is 0.00497. The lowest BCUT2D eigenvalue weighted by Gasteiger charge is -2.13. The van der Waals surface area contributed by atoms with Gasteiger partial charge in [0.05, 0.1) is 0 Å². The second-order valence-electron chi connectivity index (χ2n) is 6.06. The van der Waals surface area contributed by atoms with Gasteiger partial charge in [0.25, 0.3) is 5.91 Å². The molecule has 2 aromatic rings. The van der Waals surface area contributed by atoms with Crippen molar-refractivity contribution in [3.8, 4) is 0 Å². The number of benzene rings is 1. The van der Waals surface area contributed by atoms with Crippen LogP contribution in [-0.2, 0) is 9.59 Å². The Hall–Kier alpha value is -2.90. The number of likely N-dealkylation sites (N-methyl/N-ethyl adjacent to an activating group) is 1. The first-order valence-corrected chi connectivity index (χ1v) is 7.61. The highest BCUT2D eigenvalue weighted by Crippen LogP contribution is 2.23. The maximum Gasteiger partial charge on any atom is 0.327 e. The molecule has 3 rings (SSSR count). The topological polar surface area (TPSA) is 95.8 Å². The molecule has 8 heteroatoms. The SMILES string of the molecule is CC(C)c1nc2cc(NC(=O)CN3C(=O)CN(C)C3=O)ccc2o1. The Bertz CT molecular complexity index is 827. The molecule has 1 N–H and O–H groups in total. The van der Waals surface area contributed by atoms with E-state index in [1.165, 1.54) is 11.9 Å². The fraction of sp³-hybridized carbons (Fsp3) is 0.375. The van der Waals surface area contributed by atoms with Gasteiger partial charge in [0.15, 0.2) is 11.5 Å². The molecule has 1 aromatic heterocycles. The fourth-order valence-electron chi connectivity index (χ4n) is 2.44. The predicted molar refractivity (Wildman–Crippen MR) is 86.5 cm³/mol. The molecule has 0 aliphatic carbocycles. The molecule has 126 valence electrons. The summed E-state index contributed by atoms with van der Waals surface area (Å²) >= 11 is 0. The molecular formula is C16H18N4O4. The van der Waals surface area contributed by atoms with Crippen molar-refractivity contribution in [2.75, 3.05) is 25.5 Å². The summed E-state index contributed by atoms with van der Waals surface area (Å²) < 4.78 is 5.61. The summed E-state index contributed by atoms with van der Waals surface area (Å²) in [7, 11) is 1.52. The van der Waals surface area contributed by atoms with Gasteiger partial charge in [0.1, 0.15) is 18.6 Å². The molecule has 1 saturated heterocycles. The third-order valence-corrected chi connectivity index (χ3v) is 3.71. The van der Waals surface area contributed by atoms with E-state index in [1.807, 2.05) is 13.8 Å². The normalized spacial score (nSPS) is 15.0. The van der Waals surface area contributed by atoms with Crippen molar-refractivity contribution in [1.29, 1.82) is 0 Å². The zero-order chi connectivity index (χ0) is 17.4. The predicted octanol–water partition coefficient (Wildman–Crippen LogP) is 1.78. The van der Waals surface area contributed by atoms with E-state index in [2.05, 4.69) is 10.3 Å². The highest BCUT2D eigenvalue weighted by atomic mass is 16.3. The van der Waals surface area contributed by atoms with Gasteiger partial charge >= 0.3 is 6.03 Å².